The van der Waals surface area contributed by atoms with Crippen molar-refractivity contribution in [2.45, 2.75) is 25.6 Å². The van der Waals surface area contributed by atoms with E-state index < -0.39 is 12.7 Å². The van der Waals surface area contributed by atoms with Gasteiger partial charge in [-0.1, -0.05) is 30.3 Å². The zero-order valence-corrected chi connectivity index (χ0v) is 16.2. The third-order valence-corrected chi connectivity index (χ3v) is 4.98. The van der Waals surface area contributed by atoms with E-state index in [1.54, 1.807) is 4.90 Å². The number of amides is 1. The summed E-state index contributed by atoms with van der Waals surface area (Å²) >= 11 is 0. The summed E-state index contributed by atoms with van der Waals surface area (Å²) in [4.78, 5) is 18.7. The van der Waals surface area contributed by atoms with E-state index in [-0.39, 0.29) is 17.1 Å². The second kappa shape index (κ2) is 8.43. The lowest BCUT2D eigenvalue weighted by molar-refractivity contribution is -0.141. The van der Waals surface area contributed by atoms with Gasteiger partial charge >= 0.3 is 6.18 Å². The number of nitrogens with zero attached hydrogens (tertiary/aromatic N) is 4. The minimum Gasteiger partial charge on any atom is -0.380 e. The molecule has 30 heavy (non-hydrogen) atoms. The van der Waals surface area contributed by atoms with Crippen molar-refractivity contribution in [1.29, 1.82) is 0 Å². The first-order valence-electron chi connectivity index (χ1n) is 9.74. The number of alkyl halides is 3. The highest BCUT2D eigenvalue weighted by atomic mass is 19.4. The Balaban J connectivity index is 1.71. The van der Waals surface area contributed by atoms with Gasteiger partial charge in [-0.3, -0.25) is 14.5 Å². The van der Waals surface area contributed by atoms with E-state index in [0.29, 0.717) is 50.2 Å². The van der Waals surface area contributed by atoms with Gasteiger partial charge in [0.1, 0.15) is 12.2 Å². The summed E-state index contributed by atoms with van der Waals surface area (Å²) < 4.78 is 45.7. The van der Waals surface area contributed by atoms with Crippen LogP contribution in [0.3, 0.4) is 0 Å². The Morgan fingerprint density at radius 1 is 1.13 bits per heavy atom. The molecule has 1 saturated heterocycles. The zero-order chi connectivity index (χ0) is 21.1. The molecule has 0 saturated carbocycles. The first kappa shape index (κ1) is 20.3. The van der Waals surface area contributed by atoms with Gasteiger partial charge in [-0.05, 0) is 18.1 Å². The molecule has 3 heterocycles. The van der Waals surface area contributed by atoms with Crippen LogP contribution in [-0.4, -0.2) is 58.1 Å². The van der Waals surface area contributed by atoms with Crippen LogP contribution < -0.4 is 0 Å². The van der Waals surface area contributed by atoms with E-state index in [2.05, 4.69) is 10.1 Å². The number of hydrogen-bond acceptors (Lipinski definition) is 4. The van der Waals surface area contributed by atoms with Crippen LogP contribution in [0, 0.1) is 0 Å². The maximum absolute atomic E-state index is 13.1. The molecule has 1 aliphatic heterocycles. The van der Waals surface area contributed by atoms with E-state index in [4.69, 9.17) is 4.74 Å². The summed E-state index contributed by atoms with van der Waals surface area (Å²) in [5, 5.41) is 4.72. The van der Waals surface area contributed by atoms with Crippen LogP contribution in [0.2, 0.25) is 0 Å². The molecule has 1 aromatic carbocycles. The summed E-state index contributed by atoms with van der Waals surface area (Å²) in [7, 11) is 0. The molecule has 0 unspecified atom stereocenters. The Bertz CT molecular complexity index is 1030. The van der Waals surface area contributed by atoms with Crippen molar-refractivity contribution in [2.75, 3.05) is 26.3 Å². The first-order valence-corrected chi connectivity index (χ1v) is 9.74. The number of halogens is 3. The number of aromatic nitrogens is 3. The number of fused-ring (bicyclic) bond motifs is 1. The SMILES string of the molecule is O=C(c1cc2c(cn1)c(Cc1ccccc1)nn2CC(F)(F)F)N1CCCOCC1. The molecule has 0 radical (unpaired) electrons. The predicted molar refractivity (Wildman–Crippen MR) is 104 cm³/mol. The molecule has 0 spiro atoms. The van der Waals surface area contributed by atoms with E-state index in [0.717, 1.165) is 10.2 Å². The molecule has 2 aromatic heterocycles. The van der Waals surface area contributed by atoms with Crippen LogP contribution in [0.4, 0.5) is 13.2 Å². The highest BCUT2D eigenvalue weighted by Gasteiger charge is 2.30. The maximum atomic E-state index is 13.1. The fourth-order valence-electron chi connectivity index (χ4n) is 3.57. The predicted octanol–water partition coefficient (Wildman–Crippen LogP) is 3.45. The number of hydrogen-bond donors (Lipinski definition) is 0. The minimum absolute atomic E-state index is 0.110. The van der Waals surface area contributed by atoms with Crippen molar-refractivity contribution in [3.63, 3.8) is 0 Å². The highest BCUT2D eigenvalue weighted by Crippen LogP contribution is 2.26. The summed E-state index contributed by atoms with van der Waals surface area (Å²) in [6.45, 7) is 0.741. The lowest BCUT2D eigenvalue weighted by Gasteiger charge is -2.19. The molecular formula is C21H21F3N4O2. The highest BCUT2D eigenvalue weighted by molar-refractivity contribution is 5.96. The molecule has 1 fully saturated rings. The van der Waals surface area contributed by atoms with Crippen molar-refractivity contribution < 1.29 is 22.7 Å². The van der Waals surface area contributed by atoms with Gasteiger partial charge in [-0.25, -0.2) is 0 Å². The summed E-state index contributed by atoms with van der Waals surface area (Å²) in [5.74, 6) is -0.313. The molecule has 6 nitrogen and oxygen atoms in total. The quantitative estimate of drug-likeness (QED) is 0.651. The van der Waals surface area contributed by atoms with E-state index in [1.165, 1.54) is 12.3 Å². The van der Waals surface area contributed by atoms with Gasteiger partial charge in [0, 0.05) is 37.7 Å². The fourth-order valence-corrected chi connectivity index (χ4v) is 3.57. The monoisotopic (exact) mass is 418 g/mol. The molecule has 0 N–H and O–H groups in total. The number of pyridine rings is 1. The van der Waals surface area contributed by atoms with Crippen LogP contribution in [0.25, 0.3) is 10.9 Å². The van der Waals surface area contributed by atoms with Gasteiger partial charge < -0.3 is 9.64 Å². The number of carbonyl (C=O) groups is 1. The van der Waals surface area contributed by atoms with Crippen LogP contribution in [0.5, 0.6) is 0 Å². The van der Waals surface area contributed by atoms with Gasteiger partial charge in [0.15, 0.2) is 0 Å². The Morgan fingerprint density at radius 3 is 2.70 bits per heavy atom. The largest absolute Gasteiger partial charge is 0.408 e. The lowest BCUT2D eigenvalue weighted by atomic mass is 10.1. The summed E-state index contributed by atoms with van der Waals surface area (Å²) in [6.07, 6.45) is -1.89. The molecule has 9 heteroatoms. The van der Waals surface area contributed by atoms with Crippen LogP contribution in [-0.2, 0) is 17.7 Å². The van der Waals surface area contributed by atoms with Crippen LogP contribution >= 0.6 is 0 Å². The molecular weight excluding hydrogens is 397 g/mol. The van der Waals surface area contributed by atoms with E-state index >= 15 is 0 Å². The number of rotatable bonds is 4. The summed E-state index contributed by atoms with van der Waals surface area (Å²) in [5.41, 5.74) is 1.79. The standard InChI is InChI=1S/C21H21F3N4O2/c22-21(23,24)14-28-19-12-18(20(29)27-7-4-9-30-10-8-27)25-13-16(19)17(26-28)11-15-5-2-1-3-6-15/h1-3,5-6,12-13H,4,7-11,14H2. The Kier molecular flexibility index (Phi) is 5.72. The average molecular weight is 418 g/mol. The Hall–Kier alpha value is -2.94. The topological polar surface area (TPSA) is 60.2 Å². The van der Waals surface area contributed by atoms with Gasteiger partial charge in [-0.2, -0.15) is 18.3 Å². The third kappa shape index (κ3) is 4.62. The molecule has 1 aliphatic rings. The van der Waals surface area contributed by atoms with Crippen molar-refractivity contribution >= 4 is 16.8 Å². The second-order valence-electron chi connectivity index (χ2n) is 7.23. The zero-order valence-electron chi connectivity index (χ0n) is 16.2. The van der Waals surface area contributed by atoms with Crippen molar-refractivity contribution in [3.8, 4) is 0 Å². The van der Waals surface area contributed by atoms with Crippen molar-refractivity contribution in [2.24, 2.45) is 0 Å². The average Bonchev–Trinajstić information content (AvgIpc) is 2.89. The third-order valence-electron chi connectivity index (χ3n) is 4.98. The van der Waals surface area contributed by atoms with Crippen molar-refractivity contribution in [1.82, 2.24) is 19.7 Å². The lowest BCUT2D eigenvalue weighted by Crippen LogP contribution is -2.33. The van der Waals surface area contributed by atoms with Gasteiger partial charge in [0.05, 0.1) is 17.8 Å². The molecule has 4 rings (SSSR count). The second-order valence-corrected chi connectivity index (χ2v) is 7.23. The maximum Gasteiger partial charge on any atom is 0.408 e. The molecule has 0 bridgehead atoms. The molecule has 3 aromatic rings. The Labute approximate surface area is 171 Å². The van der Waals surface area contributed by atoms with Crippen molar-refractivity contribution in [3.05, 3.63) is 59.5 Å². The molecule has 1 amide bonds. The van der Waals surface area contributed by atoms with Gasteiger partial charge in [0.2, 0.25) is 0 Å². The van der Waals surface area contributed by atoms with E-state index in [9.17, 15) is 18.0 Å². The number of ether oxygens (including phenoxy) is 1. The van der Waals surface area contributed by atoms with Crippen LogP contribution in [0.15, 0.2) is 42.6 Å². The Morgan fingerprint density at radius 2 is 1.93 bits per heavy atom. The fraction of sp³-hybridized carbons (Fsp3) is 0.381. The molecule has 0 atom stereocenters. The smallest absolute Gasteiger partial charge is 0.380 e. The van der Waals surface area contributed by atoms with Gasteiger partial charge in [-0.15, -0.1) is 0 Å². The number of benzene rings is 1. The molecule has 0 aliphatic carbocycles. The van der Waals surface area contributed by atoms with Gasteiger partial charge in [0.25, 0.3) is 5.91 Å². The van der Waals surface area contributed by atoms with Crippen LogP contribution in [0.1, 0.15) is 28.2 Å². The first-order chi connectivity index (χ1) is 14.4. The number of carbonyl (C=O) groups excluding carboxylic acids is 1. The molecule has 158 valence electrons. The summed E-state index contributed by atoms with van der Waals surface area (Å²) in [6, 6.07) is 10.8. The van der Waals surface area contributed by atoms with E-state index in [1.807, 2.05) is 30.3 Å². The minimum atomic E-state index is -4.43. The normalized spacial score (nSPS) is 15.4.